The average Bonchev–Trinajstić information content (AvgIpc) is 2.67. The summed E-state index contributed by atoms with van der Waals surface area (Å²) in [5.74, 6) is -2.61. The molecular weight excluding hydrogens is 369 g/mol. The summed E-state index contributed by atoms with van der Waals surface area (Å²) in [6.07, 6.45) is 0.520. The zero-order chi connectivity index (χ0) is 20.3. The van der Waals surface area contributed by atoms with E-state index in [2.05, 4.69) is 5.32 Å². The highest BCUT2D eigenvalue weighted by molar-refractivity contribution is 5.96. The molecule has 0 aliphatic carbocycles. The van der Waals surface area contributed by atoms with E-state index in [-0.39, 0.29) is 23.7 Å². The second-order valence-corrected chi connectivity index (χ2v) is 7.31. The number of halogens is 1. The van der Waals surface area contributed by atoms with Crippen LogP contribution in [0.5, 0.6) is 0 Å². The van der Waals surface area contributed by atoms with Crippen molar-refractivity contribution in [3.05, 3.63) is 29.6 Å². The highest BCUT2D eigenvalue weighted by Gasteiger charge is 2.32. The molecule has 2 unspecified atom stereocenters. The van der Waals surface area contributed by atoms with Crippen LogP contribution in [0.25, 0.3) is 0 Å². The van der Waals surface area contributed by atoms with E-state index < -0.39 is 29.6 Å². The quantitative estimate of drug-likeness (QED) is 0.817. The zero-order valence-electron chi connectivity index (χ0n) is 15.7. The van der Waals surface area contributed by atoms with Gasteiger partial charge in [-0.25, -0.2) is 9.18 Å². The number of benzene rings is 1. The number of piperidine rings is 1. The molecule has 9 heteroatoms. The van der Waals surface area contributed by atoms with E-state index in [1.807, 2.05) is 6.92 Å². The third kappa shape index (κ3) is 4.59. The van der Waals surface area contributed by atoms with Crippen LogP contribution in [0.2, 0.25) is 0 Å². The van der Waals surface area contributed by atoms with Crippen LogP contribution in [0, 0.1) is 17.7 Å². The molecule has 28 heavy (non-hydrogen) atoms. The Kier molecular flexibility index (Phi) is 6.13. The van der Waals surface area contributed by atoms with Crippen molar-refractivity contribution in [3.8, 4) is 0 Å². The van der Waals surface area contributed by atoms with Gasteiger partial charge in [0.05, 0.1) is 24.7 Å². The number of carboxylic acids is 1. The SMILES string of the molecule is CC1CC(C(=O)O)CN(C(=O)Nc2ccc(C(=O)N3CCOCC3)c(F)c2)C1. The highest BCUT2D eigenvalue weighted by Crippen LogP contribution is 2.23. The summed E-state index contributed by atoms with van der Waals surface area (Å²) < 4.78 is 19.6. The summed E-state index contributed by atoms with van der Waals surface area (Å²) in [4.78, 5) is 39.1. The van der Waals surface area contributed by atoms with Crippen LogP contribution in [-0.4, -0.2) is 72.2 Å². The lowest BCUT2D eigenvalue weighted by atomic mass is 9.91. The van der Waals surface area contributed by atoms with Crippen LogP contribution < -0.4 is 5.32 Å². The number of anilines is 1. The molecule has 2 N–H and O–H groups in total. The first-order valence-electron chi connectivity index (χ1n) is 9.30. The number of rotatable bonds is 3. The Balaban J connectivity index is 1.66. The van der Waals surface area contributed by atoms with E-state index >= 15 is 0 Å². The molecule has 0 bridgehead atoms. The Bertz CT molecular complexity index is 766. The summed E-state index contributed by atoms with van der Waals surface area (Å²) in [5, 5.41) is 11.8. The average molecular weight is 393 g/mol. The molecule has 2 fully saturated rings. The lowest BCUT2D eigenvalue weighted by Crippen LogP contribution is -2.47. The van der Waals surface area contributed by atoms with Gasteiger partial charge in [0.25, 0.3) is 5.91 Å². The number of carboxylic acid groups (broad SMARTS) is 1. The summed E-state index contributed by atoms with van der Waals surface area (Å²) in [5.41, 5.74) is 0.156. The molecule has 0 aromatic heterocycles. The number of nitrogens with one attached hydrogen (secondary N) is 1. The number of urea groups is 1. The fourth-order valence-corrected chi connectivity index (χ4v) is 3.60. The monoisotopic (exact) mass is 393 g/mol. The third-order valence-electron chi connectivity index (χ3n) is 5.05. The first kappa shape index (κ1) is 20.1. The van der Waals surface area contributed by atoms with Crippen molar-refractivity contribution < 1.29 is 28.6 Å². The number of hydrogen-bond donors (Lipinski definition) is 2. The zero-order valence-corrected chi connectivity index (χ0v) is 15.7. The second kappa shape index (κ2) is 8.55. The Morgan fingerprint density at radius 3 is 2.54 bits per heavy atom. The number of ether oxygens (including phenoxy) is 1. The number of nitrogens with zero attached hydrogens (tertiary/aromatic N) is 2. The van der Waals surface area contributed by atoms with Gasteiger partial charge in [0.2, 0.25) is 0 Å². The Morgan fingerprint density at radius 2 is 1.89 bits per heavy atom. The normalized spacial score (nSPS) is 22.6. The third-order valence-corrected chi connectivity index (χ3v) is 5.05. The predicted octanol–water partition coefficient (Wildman–Crippen LogP) is 1.87. The van der Waals surface area contributed by atoms with Gasteiger partial charge < -0.3 is 25.0 Å². The molecule has 2 saturated heterocycles. The fraction of sp³-hybridized carbons (Fsp3) is 0.526. The standard InChI is InChI=1S/C19H24FN3O5/c1-12-8-13(18(25)26)11-23(10-12)19(27)21-14-2-3-15(16(20)9-14)17(24)22-4-6-28-7-5-22/h2-3,9,12-13H,4-8,10-11H2,1H3,(H,21,27)(H,25,26). The molecule has 152 valence electrons. The Morgan fingerprint density at radius 1 is 1.18 bits per heavy atom. The van der Waals surface area contributed by atoms with Crippen molar-refractivity contribution in [3.63, 3.8) is 0 Å². The molecule has 2 heterocycles. The predicted molar refractivity (Wildman–Crippen MR) is 98.6 cm³/mol. The highest BCUT2D eigenvalue weighted by atomic mass is 19.1. The molecule has 2 aliphatic rings. The van der Waals surface area contributed by atoms with Gasteiger partial charge in [0.15, 0.2) is 0 Å². The summed E-state index contributed by atoms with van der Waals surface area (Å²) in [6.45, 7) is 4.11. The first-order chi connectivity index (χ1) is 13.3. The molecule has 3 amide bonds. The van der Waals surface area contributed by atoms with Crippen LogP contribution in [0.1, 0.15) is 23.7 Å². The summed E-state index contributed by atoms with van der Waals surface area (Å²) in [7, 11) is 0. The Labute approximate surface area is 162 Å². The van der Waals surface area contributed by atoms with Crippen LogP contribution in [0.3, 0.4) is 0 Å². The van der Waals surface area contributed by atoms with Gasteiger partial charge in [-0.2, -0.15) is 0 Å². The molecule has 0 radical (unpaired) electrons. The van der Waals surface area contributed by atoms with Gasteiger partial charge in [0.1, 0.15) is 5.82 Å². The topological polar surface area (TPSA) is 99.2 Å². The van der Waals surface area contributed by atoms with E-state index in [1.54, 1.807) is 0 Å². The molecule has 1 aromatic carbocycles. The van der Waals surface area contributed by atoms with E-state index in [9.17, 15) is 23.9 Å². The maximum atomic E-state index is 14.5. The molecule has 3 rings (SSSR count). The van der Waals surface area contributed by atoms with Gasteiger partial charge in [-0.15, -0.1) is 0 Å². The Hall–Kier alpha value is -2.68. The molecule has 0 spiro atoms. The summed E-state index contributed by atoms with van der Waals surface area (Å²) in [6, 6.07) is 3.44. The van der Waals surface area contributed by atoms with Crippen molar-refractivity contribution in [2.75, 3.05) is 44.7 Å². The second-order valence-electron chi connectivity index (χ2n) is 7.31. The number of aliphatic carboxylic acids is 1. The molecule has 2 atom stereocenters. The largest absolute Gasteiger partial charge is 0.481 e. The van der Waals surface area contributed by atoms with Crippen molar-refractivity contribution in [2.24, 2.45) is 11.8 Å². The fourth-order valence-electron chi connectivity index (χ4n) is 3.60. The van der Waals surface area contributed by atoms with E-state index in [1.165, 1.54) is 21.9 Å². The van der Waals surface area contributed by atoms with E-state index in [0.717, 1.165) is 6.07 Å². The lowest BCUT2D eigenvalue weighted by Gasteiger charge is -2.34. The van der Waals surface area contributed by atoms with Crippen molar-refractivity contribution in [1.82, 2.24) is 9.80 Å². The van der Waals surface area contributed by atoms with E-state index in [4.69, 9.17) is 4.74 Å². The molecule has 2 aliphatic heterocycles. The molecule has 0 saturated carbocycles. The minimum absolute atomic E-state index is 0.0579. The number of carbonyl (C=O) groups is 3. The maximum Gasteiger partial charge on any atom is 0.321 e. The van der Waals surface area contributed by atoms with Gasteiger partial charge in [-0.1, -0.05) is 6.92 Å². The van der Waals surface area contributed by atoms with Gasteiger partial charge in [0, 0.05) is 31.9 Å². The van der Waals surface area contributed by atoms with E-state index in [0.29, 0.717) is 39.3 Å². The van der Waals surface area contributed by atoms with Crippen LogP contribution in [0.4, 0.5) is 14.9 Å². The van der Waals surface area contributed by atoms with Gasteiger partial charge >= 0.3 is 12.0 Å². The van der Waals surface area contributed by atoms with Crippen molar-refractivity contribution in [2.45, 2.75) is 13.3 Å². The van der Waals surface area contributed by atoms with Crippen LogP contribution >= 0.6 is 0 Å². The number of morpholine rings is 1. The smallest absolute Gasteiger partial charge is 0.321 e. The number of amides is 3. The molecule has 1 aromatic rings. The lowest BCUT2D eigenvalue weighted by molar-refractivity contribution is -0.143. The number of hydrogen-bond acceptors (Lipinski definition) is 4. The van der Waals surface area contributed by atoms with Crippen molar-refractivity contribution >= 4 is 23.6 Å². The van der Waals surface area contributed by atoms with Gasteiger partial charge in [-0.05, 0) is 30.5 Å². The molecular formula is C19H24FN3O5. The minimum atomic E-state index is -0.929. The van der Waals surface area contributed by atoms with Crippen molar-refractivity contribution in [1.29, 1.82) is 0 Å². The molecule has 8 nitrogen and oxygen atoms in total. The number of carbonyl (C=O) groups excluding carboxylic acids is 2. The first-order valence-corrected chi connectivity index (χ1v) is 9.30. The van der Waals surface area contributed by atoms with Crippen LogP contribution in [-0.2, 0) is 9.53 Å². The maximum absolute atomic E-state index is 14.5. The minimum Gasteiger partial charge on any atom is -0.481 e. The summed E-state index contributed by atoms with van der Waals surface area (Å²) >= 11 is 0. The van der Waals surface area contributed by atoms with Gasteiger partial charge in [-0.3, -0.25) is 9.59 Å². The van der Waals surface area contributed by atoms with Crippen LogP contribution in [0.15, 0.2) is 18.2 Å². The number of likely N-dealkylation sites (tertiary alicyclic amines) is 1.